The van der Waals surface area contributed by atoms with Crippen LogP contribution < -0.4 is 0 Å². The van der Waals surface area contributed by atoms with Crippen molar-refractivity contribution in [2.24, 2.45) is 0 Å². The first-order valence-electron chi connectivity index (χ1n) is 4.81. The molecule has 0 spiro atoms. The van der Waals surface area contributed by atoms with Crippen molar-refractivity contribution in [1.29, 1.82) is 0 Å². The van der Waals surface area contributed by atoms with Crippen LogP contribution in [0.15, 0.2) is 0 Å². The SMILES string of the molecule is CCOP(=S)(OCC)OC(=O)C(C)SSC. The van der Waals surface area contributed by atoms with Gasteiger partial charge in [-0.25, -0.2) is 0 Å². The third-order valence-electron chi connectivity index (χ3n) is 1.35. The number of rotatable bonds is 8. The van der Waals surface area contributed by atoms with Crippen LogP contribution in [0.2, 0.25) is 0 Å². The highest BCUT2D eigenvalue weighted by Crippen LogP contribution is 2.50. The maximum Gasteiger partial charge on any atom is 0.382 e. The fourth-order valence-corrected chi connectivity index (χ4v) is 4.41. The summed E-state index contributed by atoms with van der Waals surface area (Å²) in [6.45, 7) is 3.18. The third-order valence-corrected chi connectivity index (χ3v) is 5.87. The zero-order chi connectivity index (χ0) is 12.6. The van der Waals surface area contributed by atoms with Crippen molar-refractivity contribution in [2.45, 2.75) is 26.0 Å². The fraction of sp³-hybridized carbons (Fsp3) is 0.875. The number of carbonyl (C=O) groups excluding carboxylic acids is 1. The Morgan fingerprint density at radius 2 is 1.88 bits per heavy atom. The average Bonchev–Trinajstić information content (AvgIpc) is 2.18. The molecule has 0 radical (unpaired) electrons. The Labute approximate surface area is 110 Å². The molecule has 0 amide bonds. The largest absolute Gasteiger partial charge is 0.391 e. The van der Waals surface area contributed by atoms with Crippen LogP contribution in [0.3, 0.4) is 0 Å². The van der Waals surface area contributed by atoms with Gasteiger partial charge >= 0.3 is 12.7 Å². The Bertz CT molecular complexity index is 252. The predicted molar refractivity (Wildman–Crippen MR) is 74.2 cm³/mol. The Hall–Kier alpha value is 0.740. The lowest BCUT2D eigenvalue weighted by atomic mass is 10.5. The van der Waals surface area contributed by atoms with E-state index in [0.29, 0.717) is 13.2 Å². The molecule has 1 unspecified atom stereocenters. The fourth-order valence-electron chi connectivity index (χ4n) is 0.774. The maximum atomic E-state index is 11.6. The first-order valence-corrected chi connectivity index (χ1v) is 9.98. The lowest BCUT2D eigenvalue weighted by molar-refractivity contribution is -0.134. The first-order chi connectivity index (χ1) is 7.49. The molecule has 0 heterocycles. The molecule has 0 saturated carbocycles. The topological polar surface area (TPSA) is 44.8 Å². The third kappa shape index (κ3) is 6.47. The maximum absolute atomic E-state index is 11.6. The van der Waals surface area contributed by atoms with Gasteiger partial charge in [-0.3, -0.25) is 13.8 Å². The summed E-state index contributed by atoms with van der Waals surface area (Å²) in [5, 5.41) is -0.279. The van der Waals surface area contributed by atoms with Gasteiger partial charge in [0.05, 0.1) is 13.2 Å². The van der Waals surface area contributed by atoms with Gasteiger partial charge in [0, 0.05) is 11.8 Å². The van der Waals surface area contributed by atoms with E-state index in [0.717, 1.165) is 0 Å². The van der Waals surface area contributed by atoms with Crippen molar-refractivity contribution >= 4 is 46.1 Å². The molecule has 16 heavy (non-hydrogen) atoms. The van der Waals surface area contributed by atoms with Gasteiger partial charge in [-0.2, -0.15) is 0 Å². The molecule has 0 aromatic heterocycles. The van der Waals surface area contributed by atoms with Crippen LogP contribution in [0.1, 0.15) is 20.8 Å². The van der Waals surface area contributed by atoms with E-state index in [9.17, 15) is 4.79 Å². The molecule has 0 aromatic carbocycles. The Morgan fingerprint density at radius 1 is 1.38 bits per heavy atom. The Balaban J connectivity index is 4.39. The highest BCUT2D eigenvalue weighted by atomic mass is 33.1. The minimum atomic E-state index is -2.89. The van der Waals surface area contributed by atoms with Crippen molar-refractivity contribution in [3.8, 4) is 0 Å². The van der Waals surface area contributed by atoms with Gasteiger partial charge in [0.25, 0.3) is 0 Å². The summed E-state index contributed by atoms with van der Waals surface area (Å²) in [6.07, 6.45) is 1.90. The molecule has 0 N–H and O–H groups in total. The van der Waals surface area contributed by atoms with E-state index in [-0.39, 0.29) is 11.2 Å². The lowest BCUT2D eigenvalue weighted by Crippen LogP contribution is -2.16. The molecule has 0 rings (SSSR count). The number of hydrogen-bond acceptors (Lipinski definition) is 7. The normalized spacial score (nSPS) is 13.5. The Kier molecular flexibility index (Phi) is 9.18. The summed E-state index contributed by atoms with van der Waals surface area (Å²) < 4.78 is 15.6. The van der Waals surface area contributed by atoms with Gasteiger partial charge in [-0.05, 0) is 27.0 Å². The zero-order valence-corrected chi connectivity index (χ0v) is 13.1. The van der Waals surface area contributed by atoms with Gasteiger partial charge in [-0.1, -0.05) is 21.6 Å². The number of carbonyl (C=O) groups is 1. The van der Waals surface area contributed by atoms with E-state index in [1.54, 1.807) is 20.8 Å². The van der Waals surface area contributed by atoms with E-state index < -0.39 is 6.72 Å². The summed E-state index contributed by atoms with van der Waals surface area (Å²) in [5.41, 5.74) is 0. The van der Waals surface area contributed by atoms with Gasteiger partial charge < -0.3 is 4.52 Å². The van der Waals surface area contributed by atoms with Crippen molar-refractivity contribution in [2.75, 3.05) is 19.5 Å². The molecule has 0 aliphatic heterocycles. The van der Waals surface area contributed by atoms with Crippen LogP contribution >= 0.6 is 28.3 Å². The average molecular weight is 304 g/mol. The predicted octanol–water partition coefficient (Wildman–Crippen LogP) is 3.23. The second-order valence-corrected chi connectivity index (χ2v) is 8.34. The van der Waals surface area contributed by atoms with Crippen LogP contribution in [-0.4, -0.2) is 30.7 Å². The Morgan fingerprint density at radius 3 is 2.25 bits per heavy atom. The van der Waals surface area contributed by atoms with Crippen molar-refractivity contribution < 1.29 is 18.4 Å². The van der Waals surface area contributed by atoms with E-state index in [2.05, 4.69) is 0 Å². The van der Waals surface area contributed by atoms with Crippen LogP contribution in [-0.2, 0) is 30.2 Å². The van der Waals surface area contributed by atoms with Gasteiger partial charge in [0.1, 0.15) is 5.25 Å². The molecule has 4 nitrogen and oxygen atoms in total. The zero-order valence-electron chi connectivity index (χ0n) is 9.80. The summed E-state index contributed by atoms with van der Waals surface area (Å²) in [7, 11) is 2.92. The molecule has 96 valence electrons. The lowest BCUT2D eigenvalue weighted by Gasteiger charge is -2.21. The molecule has 0 bridgehead atoms. The van der Waals surface area contributed by atoms with Gasteiger partial charge in [-0.15, -0.1) is 0 Å². The molecular weight excluding hydrogens is 287 g/mol. The molecule has 0 aliphatic carbocycles. The van der Waals surface area contributed by atoms with E-state index in [1.807, 2.05) is 6.26 Å². The minimum absolute atomic E-state index is 0.279. The quantitative estimate of drug-likeness (QED) is 0.504. The summed E-state index contributed by atoms with van der Waals surface area (Å²) in [6, 6.07) is 0. The highest BCUT2D eigenvalue weighted by molar-refractivity contribution is 8.76. The van der Waals surface area contributed by atoms with Crippen LogP contribution in [0.5, 0.6) is 0 Å². The summed E-state index contributed by atoms with van der Waals surface area (Å²) in [5.74, 6) is -0.385. The molecule has 0 saturated heterocycles. The molecule has 0 aliphatic rings. The molecule has 8 heteroatoms. The smallest absolute Gasteiger partial charge is 0.382 e. The molecular formula is C8H17O4PS3. The molecule has 0 aromatic rings. The highest BCUT2D eigenvalue weighted by Gasteiger charge is 2.27. The van der Waals surface area contributed by atoms with E-state index >= 15 is 0 Å². The minimum Gasteiger partial charge on any atom is -0.391 e. The van der Waals surface area contributed by atoms with Crippen molar-refractivity contribution in [3.05, 3.63) is 0 Å². The van der Waals surface area contributed by atoms with E-state index in [4.69, 9.17) is 25.4 Å². The molecule has 1 atom stereocenters. The van der Waals surface area contributed by atoms with E-state index in [1.165, 1.54) is 21.6 Å². The monoisotopic (exact) mass is 304 g/mol. The summed E-state index contributed by atoms with van der Waals surface area (Å²) >= 11 is 5.09. The molecule has 0 fully saturated rings. The van der Waals surface area contributed by atoms with Crippen LogP contribution in [0, 0.1) is 0 Å². The summed E-state index contributed by atoms with van der Waals surface area (Å²) in [4.78, 5) is 11.6. The van der Waals surface area contributed by atoms with Crippen LogP contribution in [0.25, 0.3) is 0 Å². The second kappa shape index (κ2) is 8.78. The second-order valence-electron chi connectivity index (χ2n) is 2.60. The van der Waals surface area contributed by atoms with Crippen molar-refractivity contribution in [1.82, 2.24) is 0 Å². The van der Waals surface area contributed by atoms with Crippen LogP contribution in [0.4, 0.5) is 0 Å². The number of hydrogen-bond donors (Lipinski definition) is 0. The first kappa shape index (κ1) is 16.7. The standard InChI is InChI=1S/C8H17O4PS3/c1-5-10-13(14,11-6-2)12-8(9)7(3)16-15-4/h7H,5-6H2,1-4H3. The van der Waals surface area contributed by atoms with Gasteiger partial charge in [0.2, 0.25) is 0 Å². The van der Waals surface area contributed by atoms with Gasteiger partial charge in [0.15, 0.2) is 0 Å². The van der Waals surface area contributed by atoms with Crippen molar-refractivity contribution in [3.63, 3.8) is 0 Å².